The normalized spacial score (nSPS) is 23.8. The lowest BCUT2D eigenvalue weighted by Crippen LogP contribution is -2.38. The number of carbonyl (C=O) groups is 2. The lowest BCUT2D eigenvalue weighted by molar-refractivity contribution is -0.146. The molecule has 1 aromatic heterocycles. The van der Waals surface area contributed by atoms with Crippen molar-refractivity contribution in [2.24, 2.45) is 0 Å². The first-order valence-electron chi connectivity index (χ1n) is 6.17. The van der Waals surface area contributed by atoms with Crippen molar-refractivity contribution in [1.29, 1.82) is 0 Å². The fraction of sp³-hybridized carbons (Fsp3) is 0.385. The minimum absolute atomic E-state index is 0.176. The molecular weight excluding hydrogens is 280 g/mol. The molecule has 0 unspecified atom stereocenters. The maximum absolute atomic E-state index is 12.4. The highest BCUT2D eigenvalue weighted by molar-refractivity contribution is 7.10. The number of fused-ring (bicyclic) bond motifs is 4. The fourth-order valence-corrected chi connectivity index (χ4v) is 3.69. The highest BCUT2D eigenvalue weighted by Gasteiger charge is 2.51. The average molecular weight is 294 g/mol. The molecule has 1 aromatic rings. The molecule has 2 aliphatic rings. The largest absolute Gasteiger partial charge is 0.467 e. The number of hydrogen-bond donors (Lipinski definition) is 0. The molecule has 0 spiro atoms. The number of ether oxygens (including phenoxy) is 1. The maximum Gasteiger partial charge on any atom is 0.345 e. The van der Waals surface area contributed by atoms with Gasteiger partial charge in [-0.1, -0.05) is 6.08 Å². The minimum atomic E-state index is -0.670. The molecule has 0 saturated carbocycles. The summed E-state index contributed by atoms with van der Waals surface area (Å²) < 4.78 is 4.83. The van der Waals surface area contributed by atoms with Crippen molar-refractivity contribution in [3.63, 3.8) is 0 Å². The summed E-state index contributed by atoms with van der Waals surface area (Å²) in [6, 6.07) is 0.775. The van der Waals surface area contributed by atoms with E-state index < -0.39 is 12.0 Å². The minimum Gasteiger partial charge on any atom is -0.467 e. The number of urea groups is 1. The lowest BCUT2D eigenvalue weighted by atomic mass is 10.00. The van der Waals surface area contributed by atoms with Crippen LogP contribution in [0.1, 0.15) is 22.5 Å². The summed E-state index contributed by atoms with van der Waals surface area (Å²) in [5.74, 6) is -0.425. The standard InChI is InChI=1S/C13H14N2O4S/c1-3-5-19-15-9-7-14(13(15)17)10(12(16)18-2)11-8(9)4-6-20-11/h3-4,6,9-10H,1,5,7H2,2H3/t9-,10+/m1/s1. The van der Waals surface area contributed by atoms with Gasteiger partial charge in [0.25, 0.3) is 0 Å². The third-order valence-corrected chi connectivity index (χ3v) is 4.47. The fourth-order valence-electron chi connectivity index (χ4n) is 2.63. The molecule has 106 valence electrons. The summed E-state index contributed by atoms with van der Waals surface area (Å²) in [5, 5.41) is 3.24. The van der Waals surface area contributed by atoms with Crippen LogP contribution in [0.3, 0.4) is 0 Å². The zero-order valence-corrected chi connectivity index (χ0v) is 11.8. The lowest BCUT2D eigenvalue weighted by Gasteiger charge is -2.28. The van der Waals surface area contributed by atoms with Crippen LogP contribution in [-0.4, -0.2) is 42.2 Å². The quantitative estimate of drug-likeness (QED) is 0.628. The molecule has 3 rings (SSSR count). The van der Waals surface area contributed by atoms with Crippen molar-refractivity contribution in [2.75, 3.05) is 20.3 Å². The van der Waals surface area contributed by atoms with E-state index >= 15 is 0 Å². The van der Waals surface area contributed by atoms with Crippen LogP contribution in [0.5, 0.6) is 0 Å². The van der Waals surface area contributed by atoms with Gasteiger partial charge in [0.15, 0.2) is 6.04 Å². The number of esters is 1. The molecule has 0 aromatic carbocycles. The molecular formula is C13H14N2O4S. The van der Waals surface area contributed by atoms with E-state index in [1.54, 1.807) is 6.08 Å². The van der Waals surface area contributed by atoms with Gasteiger partial charge in [0, 0.05) is 4.88 Å². The molecule has 2 atom stereocenters. The highest BCUT2D eigenvalue weighted by Crippen LogP contribution is 2.46. The number of rotatable bonds is 4. The highest BCUT2D eigenvalue weighted by atomic mass is 32.1. The van der Waals surface area contributed by atoms with Crippen LogP contribution < -0.4 is 0 Å². The Morgan fingerprint density at radius 3 is 3.15 bits per heavy atom. The van der Waals surface area contributed by atoms with Gasteiger partial charge in [-0.3, -0.25) is 4.84 Å². The summed E-state index contributed by atoms with van der Waals surface area (Å²) in [5.41, 5.74) is 0.955. The number of carbonyl (C=O) groups excluding carboxylic acids is 2. The summed E-state index contributed by atoms with van der Waals surface area (Å²) in [4.78, 5) is 32.2. The van der Waals surface area contributed by atoms with Gasteiger partial charge in [-0.05, 0) is 17.0 Å². The van der Waals surface area contributed by atoms with E-state index in [0.717, 1.165) is 10.4 Å². The number of nitrogens with zero attached hydrogens (tertiary/aromatic N) is 2. The average Bonchev–Trinajstić information content (AvgIpc) is 3.03. The topological polar surface area (TPSA) is 59.1 Å². The second kappa shape index (κ2) is 4.92. The van der Waals surface area contributed by atoms with Crippen molar-refractivity contribution < 1.29 is 19.2 Å². The second-order valence-electron chi connectivity index (χ2n) is 4.53. The third-order valence-electron chi connectivity index (χ3n) is 3.49. The predicted octanol–water partition coefficient (Wildman–Crippen LogP) is 1.87. The molecule has 6 nitrogen and oxygen atoms in total. The predicted molar refractivity (Wildman–Crippen MR) is 71.9 cm³/mol. The molecule has 0 N–H and O–H groups in total. The van der Waals surface area contributed by atoms with Crippen LogP contribution in [0.2, 0.25) is 0 Å². The van der Waals surface area contributed by atoms with Crippen LogP contribution in [-0.2, 0) is 14.4 Å². The van der Waals surface area contributed by atoms with Crippen LogP contribution in [0.15, 0.2) is 24.1 Å². The van der Waals surface area contributed by atoms with E-state index in [-0.39, 0.29) is 18.7 Å². The number of hydrogen-bond acceptors (Lipinski definition) is 5. The molecule has 1 fully saturated rings. The van der Waals surface area contributed by atoms with Crippen LogP contribution in [0, 0.1) is 0 Å². The van der Waals surface area contributed by atoms with Crippen molar-refractivity contribution in [1.82, 2.24) is 9.96 Å². The van der Waals surface area contributed by atoms with E-state index in [9.17, 15) is 9.59 Å². The summed E-state index contributed by atoms with van der Waals surface area (Å²) in [6.45, 7) is 4.25. The SMILES string of the molecule is C=CCON1C(=O)N2C[C@@H]1c1ccsc1[C@H]2C(=O)OC. The van der Waals surface area contributed by atoms with Crippen molar-refractivity contribution in [2.45, 2.75) is 12.1 Å². The molecule has 7 heteroatoms. The summed E-state index contributed by atoms with van der Waals surface area (Å²) >= 11 is 1.46. The van der Waals surface area contributed by atoms with Gasteiger partial charge in [0.1, 0.15) is 6.04 Å². The Bertz CT molecular complexity index is 570. The molecule has 0 aliphatic carbocycles. The molecule has 3 heterocycles. The van der Waals surface area contributed by atoms with Crippen molar-refractivity contribution in [3.8, 4) is 0 Å². The molecule has 20 heavy (non-hydrogen) atoms. The number of methoxy groups -OCH3 is 1. The number of thiophene rings is 1. The first kappa shape index (κ1) is 13.1. The maximum atomic E-state index is 12.4. The van der Waals surface area contributed by atoms with Gasteiger partial charge < -0.3 is 9.64 Å². The van der Waals surface area contributed by atoms with Gasteiger partial charge in [-0.2, -0.15) is 5.06 Å². The van der Waals surface area contributed by atoms with E-state index in [2.05, 4.69) is 6.58 Å². The van der Waals surface area contributed by atoms with Gasteiger partial charge in [0.2, 0.25) is 0 Å². The molecule has 1 saturated heterocycles. The third kappa shape index (κ3) is 1.74. The van der Waals surface area contributed by atoms with Gasteiger partial charge in [-0.25, -0.2) is 9.59 Å². The van der Waals surface area contributed by atoms with E-state index in [4.69, 9.17) is 9.57 Å². The van der Waals surface area contributed by atoms with E-state index in [0.29, 0.717) is 6.54 Å². The smallest absolute Gasteiger partial charge is 0.345 e. The zero-order valence-electron chi connectivity index (χ0n) is 10.9. The summed E-state index contributed by atoms with van der Waals surface area (Å²) in [7, 11) is 1.33. The molecule has 2 amide bonds. The van der Waals surface area contributed by atoms with Gasteiger partial charge >= 0.3 is 12.0 Å². The van der Waals surface area contributed by atoms with Crippen LogP contribution in [0.4, 0.5) is 4.79 Å². The molecule has 0 radical (unpaired) electrons. The van der Waals surface area contributed by atoms with E-state index in [1.807, 2.05) is 11.4 Å². The first-order chi connectivity index (χ1) is 9.69. The first-order valence-corrected chi connectivity index (χ1v) is 7.05. The molecule has 2 bridgehead atoms. The Labute approximate surface area is 120 Å². The van der Waals surface area contributed by atoms with E-state index in [1.165, 1.54) is 28.4 Å². The van der Waals surface area contributed by atoms with Crippen LogP contribution in [0.25, 0.3) is 0 Å². The zero-order chi connectivity index (χ0) is 14.3. The van der Waals surface area contributed by atoms with Crippen LogP contribution >= 0.6 is 11.3 Å². The number of hydroxylamine groups is 2. The van der Waals surface area contributed by atoms with Crippen molar-refractivity contribution in [3.05, 3.63) is 34.5 Å². The number of amides is 2. The Morgan fingerprint density at radius 1 is 1.65 bits per heavy atom. The second-order valence-corrected chi connectivity index (χ2v) is 5.47. The monoisotopic (exact) mass is 294 g/mol. The Kier molecular flexibility index (Phi) is 3.23. The Hall–Kier alpha value is -1.86. The molecule has 2 aliphatic heterocycles. The Morgan fingerprint density at radius 2 is 2.45 bits per heavy atom. The van der Waals surface area contributed by atoms with Gasteiger partial charge in [-0.15, -0.1) is 17.9 Å². The van der Waals surface area contributed by atoms with Crippen molar-refractivity contribution >= 4 is 23.3 Å². The Balaban J connectivity index is 2.00. The van der Waals surface area contributed by atoms with Gasteiger partial charge in [0.05, 0.1) is 20.3 Å². The summed E-state index contributed by atoms with van der Waals surface area (Å²) in [6.07, 6.45) is 1.58.